The molecule has 2 aromatic rings. The first-order valence-electron chi connectivity index (χ1n) is 10.1. The van der Waals surface area contributed by atoms with Crippen molar-refractivity contribution >= 4 is 11.8 Å². The Morgan fingerprint density at radius 2 is 1.97 bits per heavy atom. The van der Waals surface area contributed by atoms with E-state index in [1.807, 2.05) is 24.6 Å². The highest BCUT2D eigenvalue weighted by atomic mass is 16.5. The van der Waals surface area contributed by atoms with E-state index in [1.54, 1.807) is 22.1 Å². The van der Waals surface area contributed by atoms with Crippen LogP contribution in [0, 0.1) is 0 Å². The lowest BCUT2D eigenvalue weighted by atomic mass is 9.88. The van der Waals surface area contributed by atoms with Crippen molar-refractivity contribution in [3.05, 3.63) is 42.2 Å². The van der Waals surface area contributed by atoms with E-state index in [-0.39, 0.29) is 11.8 Å². The number of amides is 2. The van der Waals surface area contributed by atoms with Gasteiger partial charge in [-0.1, -0.05) is 0 Å². The van der Waals surface area contributed by atoms with E-state index in [1.165, 1.54) is 12.4 Å². The first kappa shape index (κ1) is 19.5. The molecule has 4 rings (SSSR count). The average Bonchev–Trinajstić information content (AvgIpc) is 3.25. The minimum atomic E-state index is -0.650. The molecule has 0 saturated carbocycles. The SMILES string of the molecule is CCN(CC)C(=O)[C@@H]1Cn2ccnc2C2(CCN(C(=O)c3ccnnc3)CC2)O1. The molecule has 9 nitrogen and oxygen atoms in total. The molecule has 1 atom stereocenters. The number of likely N-dealkylation sites (N-methyl/N-ethyl adjacent to an activating group) is 1. The second kappa shape index (κ2) is 7.90. The van der Waals surface area contributed by atoms with E-state index in [0.29, 0.717) is 51.1 Å². The van der Waals surface area contributed by atoms with E-state index >= 15 is 0 Å². The predicted molar refractivity (Wildman–Crippen MR) is 104 cm³/mol. The summed E-state index contributed by atoms with van der Waals surface area (Å²) in [6, 6.07) is 1.67. The van der Waals surface area contributed by atoms with Gasteiger partial charge in [-0.2, -0.15) is 10.2 Å². The monoisotopic (exact) mass is 398 g/mol. The van der Waals surface area contributed by atoms with Crippen LogP contribution in [0.4, 0.5) is 0 Å². The average molecular weight is 398 g/mol. The summed E-state index contributed by atoms with van der Waals surface area (Å²) in [6.07, 6.45) is 7.31. The molecule has 0 aliphatic carbocycles. The van der Waals surface area contributed by atoms with Gasteiger partial charge in [0, 0.05) is 51.4 Å². The van der Waals surface area contributed by atoms with Crippen molar-refractivity contribution in [2.75, 3.05) is 26.2 Å². The zero-order chi connectivity index (χ0) is 20.4. The second-order valence-electron chi connectivity index (χ2n) is 7.44. The molecule has 2 aliphatic heterocycles. The molecule has 29 heavy (non-hydrogen) atoms. The van der Waals surface area contributed by atoms with Gasteiger partial charge in [0.15, 0.2) is 6.10 Å². The lowest BCUT2D eigenvalue weighted by Crippen LogP contribution is -2.55. The molecule has 0 radical (unpaired) electrons. The molecule has 0 N–H and O–H groups in total. The van der Waals surface area contributed by atoms with E-state index in [0.717, 1.165) is 5.82 Å². The fraction of sp³-hybridized carbons (Fsp3) is 0.550. The van der Waals surface area contributed by atoms with Crippen LogP contribution in [0.15, 0.2) is 30.9 Å². The minimum Gasteiger partial charge on any atom is -0.352 e. The topological polar surface area (TPSA) is 93.5 Å². The maximum Gasteiger partial charge on any atom is 0.255 e. The summed E-state index contributed by atoms with van der Waals surface area (Å²) in [5, 5.41) is 7.52. The number of ether oxygens (including phenoxy) is 1. The van der Waals surface area contributed by atoms with E-state index < -0.39 is 11.7 Å². The van der Waals surface area contributed by atoms with Crippen LogP contribution in [0.5, 0.6) is 0 Å². The van der Waals surface area contributed by atoms with Gasteiger partial charge < -0.3 is 19.1 Å². The third-order valence-corrected chi connectivity index (χ3v) is 5.89. The predicted octanol–water partition coefficient (Wildman–Crippen LogP) is 1.07. The van der Waals surface area contributed by atoms with Crippen molar-refractivity contribution < 1.29 is 14.3 Å². The Bertz CT molecular complexity index is 871. The number of fused-ring (bicyclic) bond motifs is 2. The van der Waals surface area contributed by atoms with Gasteiger partial charge in [-0.25, -0.2) is 4.98 Å². The summed E-state index contributed by atoms with van der Waals surface area (Å²) in [5.41, 5.74) is -0.126. The molecule has 1 saturated heterocycles. The van der Waals surface area contributed by atoms with Crippen LogP contribution >= 0.6 is 0 Å². The summed E-state index contributed by atoms with van der Waals surface area (Å²) in [5.74, 6) is 0.790. The Hall–Kier alpha value is -2.81. The number of aromatic nitrogens is 4. The Morgan fingerprint density at radius 3 is 2.62 bits per heavy atom. The summed E-state index contributed by atoms with van der Waals surface area (Å²) in [4.78, 5) is 33.8. The van der Waals surface area contributed by atoms with Gasteiger partial charge in [0.25, 0.3) is 11.8 Å². The molecular weight excluding hydrogens is 372 g/mol. The Balaban J connectivity index is 1.53. The number of piperidine rings is 1. The van der Waals surface area contributed by atoms with Crippen LogP contribution in [-0.4, -0.2) is 73.6 Å². The lowest BCUT2D eigenvalue weighted by Gasteiger charge is -2.46. The normalized spacial score (nSPS) is 20.3. The zero-order valence-corrected chi connectivity index (χ0v) is 16.8. The van der Waals surface area contributed by atoms with Gasteiger partial charge in [0.2, 0.25) is 0 Å². The molecule has 2 amide bonds. The number of likely N-dealkylation sites (tertiary alicyclic amines) is 1. The highest BCUT2D eigenvalue weighted by molar-refractivity contribution is 5.93. The molecule has 1 fully saturated rings. The Morgan fingerprint density at radius 1 is 1.21 bits per heavy atom. The standard InChI is InChI=1S/C20H26N6O3/c1-3-24(4-2)18(28)16-14-26-12-9-21-19(26)20(29-16)6-10-25(11-7-20)17(27)15-5-8-22-23-13-15/h5,8-9,12-13,16H,3-4,6-7,10-11,14H2,1-2H3/t16-/m0/s1. The van der Waals surface area contributed by atoms with Crippen molar-refractivity contribution in [2.24, 2.45) is 0 Å². The van der Waals surface area contributed by atoms with Crippen LogP contribution in [-0.2, 0) is 21.7 Å². The second-order valence-corrected chi connectivity index (χ2v) is 7.44. The van der Waals surface area contributed by atoms with Crippen LogP contribution in [0.25, 0.3) is 0 Å². The molecule has 4 heterocycles. The minimum absolute atomic E-state index is 0.00934. The summed E-state index contributed by atoms with van der Waals surface area (Å²) in [7, 11) is 0. The number of hydrogen-bond acceptors (Lipinski definition) is 6. The van der Waals surface area contributed by atoms with Gasteiger partial charge in [0.1, 0.15) is 11.4 Å². The number of carbonyl (C=O) groups excluding carboxylic acids is 2. The van der Waals surface area contributed by atoms with Crippen LogP contribution in [0.2, 0.25) is 0 Å². The van der Waals surface area contributed by atoms with Crippen molar-refractivity contribution in [2.45, 2.75) is 44.9 Å². The number of nitrogens with zero attached hydrogens (tertiary/aromatic N) is 6. The van der Waals surface area contributed by atoms with Crippen LogP contribution in [0.3, 0.4) is 0 Å². The third-order valence-electron chi connectivity index (χ3n) is 5.89. The molecular formula is C20H26N6O3. The van der Waals surface area contributed by atoms with Crippen molar-refractivity contribution in [1.29, 1.82) is 0 Å². The molecule has 2 aliphatic rings. The van der Waals surface area contributed by atoms with Gasteiger partial charge in [-0.15, -0.1) is 0 Å². The summed E-state index contributed by atoms with van der Waals surface area (Å²) < 4.78 is 8.47. The van der Waals surface area contributed by atoms with E-state index in [9.17, 15) is 9.59 Å². The van der Waals surface area contributed by atoms with Gasteiger partial charge >= 0.3 is 0 Å². The number of carbonyl (C=O) groups is 2. The first-order chi connectivity index (χ1) is 14.1. The highest BCUT2D eigenvalue weighted by Crippen LogP contribution is 2.40. The third kappa shape index (κ3) is 3.50. The molecule has 9 heteroatoms. The van der Waals surface area contributed by atoms with Gasteiger partial charge in [-0.3, -0.25) is 9.59 Å². The molecule has 1 spiro atoms. The molecule has 0 aromatic carbocycles. The number of hydrogen-bond donors (Lipinski definition) is 0. The maximum absolute atomic E-state index is 13.0. The van der Waals surface area contributed by atoms with Crippen LogP contribution < -0.4 is 0 Å². The van der Waals surface area contributed by atoms with Crippen LogP contribution in [0.1, 0.15) is 42.9 Å². The highest BCUT2D eigenvalue weighted by Gasteiger charge is 2.48. The number of rotatable bonds is 4. The quantitative estimate of drug-likeness (QED) is 0.765. The number of imidazole rings is 1. The van der Waals surface area contributed by atoms with E-state index in [2.05, 4.69) is 15.2 Å². The Labute approximate surface area is 169 Å². The Kier molecular flexibility index (Phi) is 5.31. The molecule has 0 unspecified atom stereocenters. The summed E-state index contributed by atoms with van der Waals surface area (Å²) >= 11 is 0. The maximum atomic E-state index is 13.0. The zero-order valence-electron chi connectivity index (χ0n) is 16.8. The van der Waals surface area contributed by atoms with Crippen molar-refractivity contribution in [3.8, 4) is 0 Å². The van der Waals surface area contributed by atoms with Gasteiger partial charge in [0.05, 0.1) is 24.5 Å². The van der Waals surface area contributed by atoms with E-state index in [4.69, 9.17) is 4.74 Å². The fourth-order valence-corrected chi connectivity index (χ4v) is 4.28. The van der Waals surface area contributed by atoms with Gasteiger partial charge in [-0.05, 0) is 19.9 Å². The fourth-order valence-electron chi connectivity index (χ4n) is 4.28. The van der Waals surface area contributed by atoms with Crippen molar-refractivity contribution in [3.63, 3.8) is 0 Å². The largest absolute Gasteiger partial charge is 0.352 e. The molecule has 0 bridgehead atoms. The van der Waals surface area contributed by atoms with Crippen molar-refractivity contribution in [1.82, 2.24) is 29.5 Å². The molecule has 154 valence electrons. The first-order valence-corrected chi connectivity index (χ1v) is 10.1. The smallest absolute Gasteiger partial charge is 0.255 e. The molecule has 2 aromatic heterocycles. The summed E-state index contributed by atoms with van der Waals surface area (Å²) in [6.45, 7) is 6.78. The lowest BCUT2D eigenvalue weighted by molar-refractivity contribution is -0.179.